The van der Waals surface area contributed by atoms with Crippen LogP contribution in [0.25, 0.3) is 12.2 Å². The molecular formula is C17H21ClSi. The minimum atomic E-state index is -1.14. The first-order valence-electron chi connectivity index (χ1n) is 6.42. The summed E-state index contributed by atoms with van der Waals surface area (Å²) in [6, 6.07) is 20.6. The van der Waals surface area contributed by atoms with Crippen LogP contribution >= 0.6 is 11.1 Å². The van der Waals surface area contributed by atoms with Crippen LogP contribution in [0, 0.1) is 0 Å². The molecule has 100 valence electrons. The second-order valence-electron chi connectivity index (χ2n) is 5.22. The van der Waals surface area contributed by atoms with Gasteiger partial charge in [0.15, 0.2) is 0 Å². The molecule has 2 aromatic carbocycles. The lowest BCUT2D eigenvalue weighted by molar-refractivity contribution is 1.65. The summed E-state index contributed by atoms with van der Waals surface area (Å²) in [6.45, 7) is 6.28. The first kappa shape index (κ1) is 15.7. The van der Waals surface area contributed by atoms with Crippen molar-refractivity contribution < 1.29 is 0 Å². The molecule has 0 fully saturated rings. The summed E-state index contributed by atoms with van der Waals surface area (Å²) >= 11 is 5.67. The van der Waals surface area contributed by atoms with Gasteiger partial charge in [-0.2, -0.15) is 11.1 Å². The zero-order valence-electron chi connectivity index (χ0n) is 11.8. The van der Waals surface area contributed by atoms with Gasteiger partial charge in [0.2, 0.25) is 0 Å². The monoisotopic (exact) mass is 288 g/mol. The third-order valence-corrected chi connectivity index (χ3v) is 2.07. The molecular weight excluding hydrogens is 268 g/mol. The average Bonchev–Trinajstić information content (AvgIpc) is 2.37. The van der Waals surface area contributed by atoms with Crippen molar-refractivity contribution in [2.24, 2.45) is 0 Å². The minimum absolute atomic E-state index is 1.14. The number of hydrogen-bond acceptors (Lipinski definition) is 0. The van der Waals surface area contributed by atoms with Gasteiger partial charge in [-0.05, 0) is 11.1 Å². The van der Waals surface area contributed by atoms with Crippen LogP contribution in [-0.4, -0.2) is 7.38 Å². The summed E-state index contributed by atoms with van der Waals surface area (Å²) in [5.41, 5.74) is 2.47. The molecule has 0 aliphatic heterocycles. The van der Waals surface area contributed by atoms with Crippen LogP contribution in [0.15, 0.2) is 60.7 Å². The molecule has 2 heteroatoms. The predicted molar refractivity (Wildman–Crippen MR) is 91.0 cm³/mol. The highest BCUT2D eigenvalue weighted by atomic mass is 35.6. The van der Waals surface area contributed by atoms with E-state index in [1.807, 2.05) is 36.4 Å². The smallest absolute Gasteiger partial charge is 0.147 e. The van der Waals surface area contributed by atoms with E-state index in [1.165, 1.54) is 11.1 Å². The summed E-state index contributed by atoms with van der Waals surface area (Å²) < 4.78 is 0. The molecule has 2 rings (SSSR count). The predicted octanol–water partition coefficient (Wildman–Crippen LogP) is 5.92. The fourth-order valence-corrected chi connectivity index (χ4v) is 1.32. The molecule has 0 bridgehead atoms. The van der Waals surface area contributed by atoms with Gasteiger partial charge >= 0.3 is 0 Å². The minimum Gasteiger partial charge on any atom is -0.168 e. The van der Waals surface area contributed by atoms with Crippen molar-refractivity contribution in [3.05, 3.63) is 71.8 Å². The van der Waals surface area contributed by atoms with E-state index in [-0.39, 0.29) is 0 Å². The Hall–Kier alpha value is -1.31. The fourth-order valence-electron chi connectivity index (χ4n) is 1.32. The van der Waals surface area contributed by atoms with Crippen molar-refractivity contribution in [1.29, 1.82) is 0 Å². The van der Waals surface area contributed by atoms with Crippen LogP contribution in [-0.2, 0) is 0 Å². The van der Waals surface area contributed by atoms with Crippen LogP contribution in [0.1, 0.15) is 11.1 Å². The van der Waals surface area contributed by atoms with Gasteiger partial charge in [0.05, 0.1) is 0 Å². The van der Waals surface area contributed by atoms with Gasteiger partial charge in [-0.3, -0.25) is 0 Å². The van der Waals surface area contributed by atoms with Gasteiger partial charge in [-0.1, -0.05) is 92.5 Å². The van der Waals surface area contributed by atoms with Crippen molar-refractivity contribution in [2.75, 3.05) is 0 Å². The van der Waals surface area contributed by atoms with Crippen molar-refractivity contribution >= 4 is 30.6 Å². The Balaban J connectivity index is 0.000000312. The topological polar surface area (TPSA) is 0 Å². The van der Waals surface area contributed by atoms with Crippen molar-refractivity contribution in [2.45, 2.75) is 19.6 Å². The summed E-state index contributed by atoms with van der Waals surface area (Å²) in [6.07, 6.45) is 4.24. The van der Waals surface area contributed by atoms with E-state index in [1.54, 1.807) is 0 Å². The van der Waals surface area contributed by atoms with E-state index in [0.29, 0.717) is 0 Å². The number of benzene rings is 2. The van der Waals surface area contributed by atoms with Crippen LogP contribution in [0.5, 0.6) is 0 Å². The van der Waals surface area contributed by atoms with Gasteiger partial charge in [0.1, 0.15) is 7.38 Å². The molecule has 0 unspecified atom stereocenters. The number of halogens is 1. The SMILES string of the molecule is C(=C\c1ccccc1)/c1ccccc1.C[Si](C)(C)Cl. The van der Waals surface area contributed by atoms with Crippen LogP contribution in [0.2, 0.25) is 19.6 Å². The van der Waals surface area contributed by atoms with E-state index < -0.39 is 7.38 Å². The molecule has 0 saturated carbocycles. The van der Waals surface area contributed by atoms with Crippen molar-refractivity contribution in [3.8, 4) is 0 Å². The molecule has 0 spiro atoms. The summed E-state index contributed by atoms with van der Waals surface area (Å²) in [5, 5.41) is 0. The summed E-state index contributed by atoms with van der Waals surface area (Å²) in [5.74, 6) is 0. The third-order valence-electron chi connectivity index (χ3n) is 2.07. The Morgan fingerprint density at radius 3 is 1.21 bits per heavy atom. The first-order valence-corrected chi connectivity index (χ1v) is 10.9. The maximum absolute atomic E-state index is 5.67. The second kappa shape index (κ2) is 7.98. The second-order valence-corrected chi connectivity index (χ2v) is 12.8. The van der Waals surface area contributed by atoms with Crippen LogP contribution in [0.3, 0.4) is 0 Å². The van der Waals surface area contributed by atoms with E-state index >= 15 is 0 Å². The van der Waals surface area contributed by atoms with Gasteiger partial charge in [0, 0.05) is 0 Å². The average molecular weight is 289 g/mol. The molecule has 0 radical (unpaired) electrons. The molecule has 0 heterocycles. The maximum Gasteiger partial charge on any atom is 0.147 e. The zero-order valence-corrected chi connectivity index (χ0v) is 13.6. The highest BCUT2D eigenvalue weighted by molar-refractivity contribution is 7.18. The van der Waals surface area contributed by atoms with Gasteiger partial charge in [-0.15, -0.1) is 0 Å². The number of rotatable bonds is 2. The van der Waals surface area contributed by atoms with Gasteiger partial charge in [0.25, 0.3) is 0 Å². The Kier molecular flexibility index (Phi) is 6.61. The molecule has 2 aromatic rings. The van der Waals surface area contributed by atoms with Crippen LogP contribution in [0.4, 0.5) is 0 Å². The molecule has 0 nitrogen and oxygen atoms in total. The normalized spacial score (nSPS) is 10.9. The quantitative estimate of drug-likeness (QED) is 0.366. The highest BCUT2D eigenvalue weighted by Gasteiger charge is 2.04. The van der Waals surface area contributed by atoms with Crippen molar-refractivity contribution in [3.63, 3.8) is 0 Å². The summed E-state index contributed by atoms with van der Waals surface area (Å²) in [7, 11) is -1.14. The lowest BCUT2D eigenvalue weighted by atomic mass is 10.1. The lowest BCUT2D eigenvalue weighted by Gasteiger charge is -1.97. The highest BCUT2D eigenvalue weighted by Crippen LogP contribution is 2.07. The van der Waals surface area contributed by atoms with E-state index in [9.17, 15) is 0 Å². The van der Waals surface area contributed by atoms with Crippen LogP contribution < -0.4 is 0 Å². The fraction of sp³-hybridized carbons (Fsp3) is 0.176. The third kappa shape index (κ3) is 9.29. The molecule has 0 aromatic heterocycles. The molecule has 0 N–H and O–H groups in total. The Labute approximate surface area is 122 Å². The molecule has 0 aliphatic carbocycles. The maximum atomic E-state index is 5.67. The standard InChI is InChI=1S/C14H12.C3H9ClSi/c1-3-7-13(8-4-1)11-12-14-9-5-2-6-10-14;1-5(2,3)4/h1-12H;1-3H3/b12-11+;. The number of hydrogen-bond donors (Lipinski definition) is 0. The van der Waals surface area contributed by atoms with Crippen molar-refractivity contribution in [1.82, 2.24) is 0 Å². The summed E-state index contributed by atoms with van der Waals surface area (Å²) in [4.78, 5) is 0. The molecule has 0 saturated heterocycles. The first-order chi connectivity index (χ1) is 8.95. The zero-order chi connectivity index (χ0) is 14.1. The Morgan fingerprint density at radius 2 is 0.947 bits per heavy atom. The largest absolute Gasteiger partial charge is 0.168 e. The van der Waals surface area contributed by atoms with E-state index in [4.69, 9.17) is 11.1 Å². The van der Waals surface area contributed by atoms with E-state index in [2.05, 4.69) is 56.1 Å². The lowest BCUT2D eigenvalue weighted by Crippen LogP contribution is -2.06. The van der Waals surface area contributed by atoms with E-state index in [0.717, 1.165) is 0 Å². The van der Waals surface area contributed by atoms with Gasteiger partial charge < -0.3 is 0 Å². The molecule has 19 heavy (non-hydrogen) atoms. The molecule has 0 atom stereocenters. The Morgan fingerprint density at radius 1 is 0.684 bits per heavy atom. The Bertz CT molecular complexity index is 436. The molecule has 0 aliphatic rings. The molecule has 0 amide bonds. The van der Waals surface area contributed by atoms with Gasteiger partial charge in [-0.25, -0.2) is 0 Å².